The number of ether oxygens (including phenoxy) is 1. The standard InChI is InChI=1S/C22H22N4O3/c1-29-20-8-4-15(5-9-20)17-12-23-22(24-13-17)25-18-6-2-16(3-7-18)21(28)26-11-10-19(27)14-26/h2-9,12-13,19,27H,10-11,14H2,1H3,(H,23,24,25)/t19-/m1/s1. The molecule has 0 spiro atoms. The average Bonchev–Trinajstić information content (AvgIpc) is 3.21. The molecule has 4 rings (SSSR count). The zero-order chi connectivity index (χ0) is 20.2. The number of benzene rings is 2. The smallest absolute Gasteiger partial charge is 0.253 e. The van der Waals surface area contributed by atoms with Crippen LogP contribution in [0.25, 0.3) is 11.1 Å². The lowest BCUT2D eigenvalue weighted by molar-refractivity contribution is 0.0765. The molecule has 29 heavy (non-hydrogen) atoms. The topological polar surface area (TPSA) is 87.6 Å². The Morgan fingerprint density at radius 1 is 1.07 bits per heavy atom. The van der Waals surface area contributed by atoms with Gasteiger partial charge >= 0.3 is 0 Å². The zero-order valence-electron chi connectivity index (χ0n) is 16.1. The van der Waals surface area contributed by atoms with E-state index in [0.29, 0.717) is 31.0 Å². The highest BCUT2D eigenvalue weighted by molar-refractivity contribution is 5.94. The van der Waals surface area contributed by atoms with Crippen molar-refractivity contribution in [3.8, 4) is 16.9 Å². The molecule has 0 unspecified atom stereocenters. The number of aliphatic hydroxyl groups excluding tert-OH is 1. The lowest BCUT2D eigenvalue weighted by Gasteiger charge is -2.15. The van der Waals surface area contributed by atoms with E-state index in [1.165, 1.54) is 0 Å². The number of anilines is 2. The fourth-order valence-corrected chi connectivity index (χ4v) is 3.26. The van der Waals surface area contributed by atoms with Crippen LogP contribution in [-0.2, 0) is 0 Å². The van der Waals surface area contributed by atoms with Gasteiger partial charge in [0, 0.05) is 42.3 Å². The molecule has 1 saturated heterocycles. The van der Waals surface area contributed by atoms with E-state index in [0.717, 1.165) is 22.6 Å². The van der Waals surface area contributed by atoms with Crippen molar-refractivity contribution < 1.29 is 14.6 Å². The third kappa shape index (κ3) is 4.35. The molecule has 7 heteroatoms. The minimum Gasteiger partial charge on any atom is -0.497 e. The SMILES string of the molecule is COc1ccc(-c2cnc(Nc3ccc(C(=O)N4CC[C@@H](O)C4)cc3)nc2)cc1. The number of methoxy groups -OCH3 is 1. The lowest BCUT2D eigenvalue weighted by atomic mass is 10.1. The molecule has 2 aromatic carbocycles. The highest BCUT2D eigenvalue weighted by Crippen LogP contribution is 2.22. The summed E-state index contributed by atoms with van der Waals surface area (Å²) in [5.41, 5.74) is 3.31. The summed E-state index contributed by atoms with van der Waals surface area (Å²) in [5.74, 6) is 1.22. The van der Waals surface area contributed by atoms with Gasteiger partial charge in [0.05, 0.1) is 13.2 Å². The second-order valence-corrected chi connectivity index (χ2v) is 6.92. The van der Waals surface area contributed by atoms with Crippen LogP contribution in [0.2, 0.25) is 0 Å². The van der Waals surface area contributed by atoms with Gasteiger partial charge < -0.3 is 20.1 Å². The van der Waals surface area contributed by atoms with Gasteiger partial charge in [0.1, 0.15) is 5.75 Å². The molecule has 1 amide bonds. The molecular weight excluding hydrogens is 368 g/mol. The summed E-state index contributed by atoms with van der Waals surface area (Å²) in [7, 11) is 1.64. The lowest BCUT2D eigenvalue weighted by Crippen LogP contribution is -2.29. The first-order valence-electron chi connectivity index (χ1n) is 9.43. The number of hydrogen-bond acceptors (Lipinski definition) is 6. The van der Waals surface area contributed by atoms with Crippen LogP contribution in [0, 0.1) is 0 Å². The number of likely N-dealkylation sites (tertiary alicyclic amines) is 1. The monoisotopic (exact) mass is 390 g/mol. The van der Waals surface area contributed by atoms with Crippen LogP contribution in [0.1, 0.15) is 16.8 Å². The molecule has 0 saturated carbocycles. The number of hydrogen-bond donors (Lipinski definition) is 2. The van der Waals surface area contributed by atoms with Crippen molar-refractivity contribution in [2.75, 3.05) is 25.5 Å². The first kappa shape index (κ1) is 18.9. The Hall–Kier alpha value is -3.45. The third-order valence-corrected chi connectivity index (χ3v) is 4.91. The van der Waals surface area contributed by atoms with E-state index in [1.54, 1.807) is 36.5 Å². The van der Waals surface area contributed by atoms with Gasteiger partial charge in [-0.05, 0) is 48.4 Å². The quantitative estimate of drug-likeness (QED) is 0.696. The second-order valence-electron chi connectivity index (χ2n) is 6.92. The molecule has 0 aliphatic carbocycles. The molecule has 7 nitrogen and oxygen atoms in total. The fourth-order valence-electron chi connectivity index (χ4n) is 3.26. The molecule has 0 radical (unpaired) electrons. The van der Waals surface area contributed by atoms with Crippen molar-refractivity contribution in [2.24, 2.45) is 0 Å². The van der Waals surface area contributed by atoms with Gasteiger partial charge in [0.15, 0.2) is 0 Å². The van der Waals surface area contributed by atoms with Gasteiger partial charge in [0.2, 0.25) is 5.95 Å². The Morgan fingerprint density at radius 2 is 1.76 bits per heavy atom. The number of carbonyl (C=O) groups excluding carboxylic acids is 1. The number of amides is 1. The summed E-state index contributed by atoms with van der Waals surface area (Å²) < 4.78 is 5.17. The third-order valence-electron chi connectivity index (χ3n) is 4.91. The Balaban J connectivity index is 1.40. The van der Waals surface area contributed by atoms with E-state index in [2.05, 4.69) is 15.3 Å². The largest absolute Gasteiger partial charge is 0.497 e. The van der Waals surface area contributed by atoms with Crippen molar-refractivity contribution in [1.82, 2.24) is 14.9 Å². The number of carbonyl (C=O) groups is 1. The molecule has 1 aromatic heterocycles. The Bertz CT molecular complexity index is 972. The summed E-state index contributed by atoms with van der Waals surface area (Å²) in [6.45, 7) is 0.988. The van der Waals surface area contributed by atoms with Crippen molar-refractivity contribution in [3.63, 3.8) is 0 Å². The number of aliphatic hydroxyl groups is 1. The number of rotatable bonds is 5. The van der Waals surface area contributed by atoms with Crippen LogP contribution in [0.4, 0.5) is 11.6 Å². The van der Waals surface area contributed by atoms with Gasteiger partial charge in [0.25, 0.3) is 5.91 Å². The summed E-state index contributed by atoms with van der Waals surface area (Å²) in [4.78, 5) is 22.8. The maximum atomic E-state index is 12.4. The molecule has 1 aliphatic rings. The van der Waals surface area contributed by atoms with E-state index in [4.69, 9.17) is 4.74 Å². The molecule has 3 aromatic rings. The van der Waals surface area contributed by atoms with Crippen LogP contribution >= 0.6 is 0 Å². The van der Waals surface area contributed by atoms with E-state index in [1.807, 2.05) is 36.4 Å². The highest BCUT2D eigenvalue weighted by Gasteiger charge is 2.25. The zero-order valence-corrected chi connectivity index (χ0v) is 16.1. The number of nitrogens with zero attached hydrogens (tertiary/aromatic N) is 3. The second kappa shape index (κ2) is 8.28. The van der Waals surface area contributed by atoms with Crippen molar-refractivity contribution in [2.45, 2.75) is 12.5 Å². The summed E-state index contributed by atoms with van der Waals surface area (Å²) in [5, 5.41) is 12.7. The number of aromatic nitrogens is 2. The minimum absolute atomic E-state index is 0.0619. The molecule has 1 aliphatic heterocycles. The molecule has 1 fully saturated rings. The predicted molar refractivity (Wildman–Crippen MR) is 110 cm³/mol. The Morgan fingerprint density at radius 3 is 2.34 bits per heavy atom. The maximum absolute atomic E-state index is 12.4. The molecule has 148 valence electrons. The first-order valence-corrected chi connectivity index (χ1v) is 9.43. The van der Waals surface area contributed by atoms with Crippen LogP contribution in [0.5, 0.6) is 5.75 Å². The Kier molecular flexibility index (Phi) is 5.39. The van der Waals surface area contributed by atoms with E-state index in [-0.39, 0.29) is 5.91 Å². The molecule has 2 heterocycles. The molecule has 0 bridgehead atoms. The van der Waals surface area contributed by atoms with E-state index in [9.17, 15) is 9.90 Å². The van der Waals surface area contributed by atoms with Gasteiger partial charge in [-0.2, -0.15) is 0 Å². The van der Waals surface area contributed by atoms with Crippen molar-refractivity contribution >= 4 is 17.5 Å². The van der Waals surface area contributed by atoms with Gasteiger partial charge in [-0.25, -0.2) is 9.97 Å². The summed E-state index contributed by atoms with van der Waals surface area (Å²) in [6.07, 6.45) is 3.73. The van der Waals surface area contributed by atoms with Crippen LogP contribution in [0.15, 0.2) is 60.9 Å². The summed E-state index contributed by atoms with van der Waals surface area (Å²) in [6, 6.07) is 14.9. The summed E-state index contributed by atoms with van der Waals surface area (Å²) >= 11 is 0. The highest BCUT2D eigenvalue weighted by atomic mass is 16.5. The number of β-amino-alcohol motifs (C(OH)–C–C–N with tert-alkyl or cyclic N) is 1. The van der Waals surface area contributed by atoms with Gasteiger partial charge in [-0.15, -0.1) is 0 Å². The fraction of sp³-hybridized carbons (Fsp3) is 0.227. The molecule has 2 N–H and O–H groups in total. The molecular formula is C22H22N4O3. The van der Waals surface area contributed by atoms with E-state index < -0.39 is 6.10 Å². The van der Waals surface area contributed by atoms with Gasteiger partial charge in [-0.3, -0.25) is 4.79 Å². The number of nitrogens with one attached hydrogen (secondary N) is 1. The minimum atomic E-state index is -0.419. The maximum Gasteiger partial charge on any atom is 0.253 e. The van der Waals surface area contributed by atoms with Crippen LogP contribution < -0.4 is 10.1 Å². The van der Waals surface area contributed by atoms with E-state index >= 15 is 0 Å². The normalized spacial score (nSPS) is 15.9. The van der Waals surface area contributed by atoms with Crippen molar-refractivity contribution in [1.29, 1.82) is 0 Å². The predicted octanol–water partition coefficient (Wildman–Crippen LogP) is 3.10. The molecule has 1 atom stereocenters. The first-order chi connectivity index (χ1) is 14.1. The van der Waals surface area contributed by atoms with Crippen LogP contribution in [-0.4, -0.2) is 52.2 Å². The average molecular weight is 390 g/mol. The van der Waals surface area contributed by atoms with Gasteiger partial charge in [-0.1, -0.05) is 12.1 Å². The Labute approximate surface area is 169 Å². The van der Waals surface area contributed by atoms with Crippen molar-refractivity contribution in [3.05, 3.63) is 66.5 Å². The van der Waals surface area contributed by atoms with Crippen LogP contribution in [0.3, 0.4) is 0 Å².